The Morgan fingerprint density at radius 2 is 2.28 bits per heavy atom. The van der Waals surface area contributed by atoms with Gasteiger partial charge in [-0.2, -0.15) is 5.26 Å². The molecule has 1 aromatic rings. The second kappa shape index (κ2) is 3.82. The van der Waals surface area contributed by atoms with Crippen LogP contribution >= 0.6 is 0 Å². The van der Waals surface area contributed by atoms with Crippen LogP contribution < -0.4 is 0 Å². The van der Waals surface area contributed by atoms with Crippen molar-refractivity contribution in [2.24, 2.45) is 0 Å². The normalized spacial score (nSPS) is 27.2. The van der Waals surface area contributed by atoms with E-state index in [-0.39, 0.29) is 17.3 Å². The number of imidazole rings is 1. The van der Waals surface area contributed by atoms with Crippen LogP contribution in [0.2, 0.25) is 0 Å². The van der Waals surface area contributed by atoms with Gasteiger partial charge >= 0.3 is 6.03 Å². The highest BCUT2D eigenvalue weighted by Crippen LogP contribution is 2.38. The molecule has 2 aliphatic rings. The van der Waals surface area contributed by atoms with E-state index in [0.29, 0.717) is 0 Å². The molecule has 1 unspecified atom stereocenters. The highest BCUT2D eigenvalue weighted by molar-refractivity contribution is 5.79. The third-order valence-corrected chi connectivity index (χ3v) is 4.05. The number of nitrogens with zero attached hydrogens (tertiary/aromatic N) is 5. The molecule has 1 amide bonds. The molecule has 0 aliphatic carbocycles. The Hall–Kier alpha value is -1.87. The van der Waals surface area contributed by atoms with Crippen LogP contribution in [0.3, 0.4) is 0 Å². The highest BCUT2D eigenvalue weighted by Gasteiger charge is 2.50. The molecule has 0 N–H and O–H groups in total. The van der Waals surface area contributed by atoms with Crippen molar-refractivity contribution in [1.29, 1.82) is 5.26 Å². The molecular weight excluding hydrogens is 230 g/mol. The Kier molecular flexibility index (Phi) is 2.38. The third-order valence-electron chi connectivity index (χ3n) is 4.05. The quantitative estimate of drug-likeness (QED) is 0.667. The summed E-state index contributed by atoms with van der Waals surface area (Å²) < 4.78 is 1.41. The van der Waals surface area contributed by atoms with Crippen molar-refractivity contribution in [3.05, 3.63) is 18.2 Å². The number of carbonyl (C=O) groups excluding carboxylic acids is 1. The molecule has 1 atom stereocenters. The first-order valence-corrected chi connectivity index (χ1v) is 6.09. The van der Waals surface area contributed by atoms with Crippen LogP contribution in [-0.2, 0) is 0 Å². The Labute approximate surface area is 105 Å². The molecule has 3 heterocycles. The molecule has 3 rings (SSSR count). The highest BCUT2D eigenvalue weighted by atomic mass is 16.2. The van der Waals surface area contributed by atoms with Gasteiger partial charge in [-0.25, -0.2) is 9.78 Å². The first-order valence-electron chi connectivity index (χ1n) is 6.09. The second-order valence-corrected chi connectivity index (χ2v) is 5.17. The second-order valence-electron chi connectivity index (χ2n) is 5.17. The largest absolute Gasteiger partial charge is 0.329 e. The molecule has 94 valence electrons. The third kappa shape index (κ3) is 1.51. The van der Waals surface area contributed by atoms with E-state index in [1.54, 1.807) is 0 Å². The van der Waals surface area contributed by atoms with E-state index in [4.69, 9.17) is 5.26 Å². The van der Waals surface area contributed by atoms with Crippen molar-refractivity contribution in [2.75, 3.05) is 26.7 Å². The average molecular weight is 245 g/mol. The van der Waals surface area contributed by atoms with E-state index in [0.717, 1.165) is 32.5 Å². The minimum atomic E-state index is -0.0643. The zero-order valence-electron chi connectivity index (χ0n) is 10.3. The smallest absolute Gasteiger partial charge is 0.317 e. The van der Waals surface area contributed by atoms with Crippen LogP contribution in [0.5, 0.6) is 0 Å². The molecule has 2 saturated heterocycles. The Bertz CT molecular complexity index is 531. The molecular formula is C12H15N5O. The maximum absolute atomic E-state index is 12.3. The van der Waals surface area contributed by atoms with Crippen molar-refractivity contribution >= 4 is 6.03 Å². The van der Waals surface area contributed by atoms with Gasteiger partial charge in [0.25, 0.3) is 0 Å². The van der Waals surface area contributed by atoms with Gasteiger partial charge in [0, 0.05) is 19.6 Å². The number of rotatable bonds is 0. The first kappa shape index (κ1) is 11.2. The molecule has 0 saturated carbocycles. The molecule has 1 aromatic heterocycles. The van der Waals surface area contributed by atoms with E-state index >= 15 is 0 Å². The van der Waals surface area contributed by atoms with Gasteiger partial charge in [-0.3, -0.25) is 4.57 Å². The van der Waals surface area contributed by atoms with E-state index in [1.807, 2.05) is 11.0 Å². The lowest BCUT2D eigenvalue weighted by molar-refractivity contribution is 0.0332. The van der Waals surface area contributed by atoms with Gasteiger partial charge in [-0.05, 0) is 19.9 Å². The summed E-state index contributed by atoms with van der Waals surface area (Å²) in [5, 5.41) is 8.72. The van der Waals surface area contributed by atoms with Crippen molar-refractivity contribution in [2.45, 2.75) is 18.4 Å². The van der Waals surface area contributed by atoms with Gasteiger partial charge in [-0.15, -0.1) is 0 Å². The predicted octanol–water partition coefficient (Wildman–Crippen LogP) is 0.503. The lowest BCUT2D eigenvalue weighted by Gasteiger charge is -2.50. The summed E-state index contributed by atoms with van der Waals surface area (Å²) in [5.74, 6) is 0. The fourth-order valence-corrected chi connectivity index (χ4v) is 2.95. The Balaban J connectivity index is 1.79. The molecule has 6 nitrogen and oxygen atoms in total. The fourth-order valence-electron chi connectivity index (χ4n) is 2.95. The molecule has 0 aromatic carbocycles. The standard InChI is InChI=1S/C12H15N5O/c1-15-4-2-12(8-15)3-5-17(12)11(18)16-7-10(6-13)14-9-16/h7,9H,2-5,8H2,1H3. The summed E-state index contributed by atoms with van der Waals surface area (Å²) in [6.45, 7) is 2.78. The van der Waals surface area contributed by atoms with Gasteiger partial charge in [0.2, 0.25) is 0 Å². The monoisotopic (exact) mass is 245 g/mol. The summed E-state index contributed by atoms with van der Waals surface area (Å²) in [4.78, 5) is 20.4. The minimum absolute atomic E-state index is 0.0168. The summed E-state index contributed by atoms with van der Waals surface area (Å²) >= 11 is 0. The number of hydrogen-bond acceptors (Lipinski definition) is 4. The van der Waals surface area contributed by atoms with Gasteiger partial charge < -0.3 is 9.80 Å². The van der Waals surface area contributed by atoms with Gasteiger partial charge in [0.15, 0.2) is 5.69 Å². The lowest BCUT2D eigenvalue weighted by atomic mass is 9.84. The molecule has 1 spiro atoms. The van der Waals surface area contributed by atoms with Crippen molar-refractivity contribution in [3.8, 4) is 6.07 Å². The van der Waals surface area contributed by atoms with Crippen LogP contribution in [0.25, 0.3) is 0 Å². The van der Waals surface area contributed by atoms with Gasteiger partial charge in [-0.1, -0.05) is 0 Å². The molecule has 2 aliphatic heterocycles. The zero-order valence-corrected chi connectivity index (χ0v) is 10.3. The maximum Gasteiger partial charge on any atom is 0.329 e. The number of hydrogen-bond donors (Lipinski definition) is 0. The number of carbonyl (C=O) groups is 1. The van der Waals surface area contributed by atoms with Crippen LogP contribution in [0.1, 0.15) is 18.5 Å². The summed E-state index contributed by atoms with van der Waals surface area (Å²) in [6, 6.07) is 1.87. The Morgan fingerprint density at radius 3 is 2.78 bits per heavy atom. The van der Waals surface area contributed by atoms with E-state index in [1.165, 1.54) is 17.1 Å². The summed E-state index contributed by atoms with van der Waals surface area (Å²) in [7, 11) is 2.08. The number of amides is 1. The van der Waals surface area contributed by atoms with Crippen LogP contribution in [0.4, 0.5) is 4.79 Å². The zero-order chi connectivity index (χ0) is 12.8. The molecule has 0 radical (unpaired) electrons. The lowest BCUT2D eigenvalue weighted by Crippen LogP contribution is -2.64. The minimum Gasteiger partial charge on any atom is -0.317 e. The van der Waals surface area contributed by atoms with Crippen molar-refractivity contribution in [3.63, 3.8) is 0 Å². The molecule has 2 fully saturated rings. The van der Waals surface area contributed by atoms with Crippen molar-refractivity contribution in [1.82, 2.24) is 19.4 Å². The summed E-state index contributed by atoms with van der Waals surface area (Å²) in [6.07, 6.45) is 5.02. The van der Waals surface area contributed by atoms with E-state index < -0.39 is 0 Å². The first-order chi connectivity index (χ1) is 8.64. The number of likely N-dealkylation sites (N-methyl/N-ethyl adjacent to an activating group) is 1. The maximum atomic E-state index is 12.3. The molecule has 18 heavy (non-hydrogen) atoms. The average Bonchev–Trinajstić information content (AvgIpc) is 2.94. The summed E-state index contributed by atoms with van der Waals surface area (Å²) in [5.41, 5.74) is 0.296. The van der Waals surface area contributed by atoms with Gasteiger partial charge in [0.05, 0.1) is 11.7 Å². The fraction of sp³-hybridized carbons (Fsp3) is 0.583. The van der Waals surface area contributed by atoms with Crippen LogP contribution in [-0.4, -0.2) is 57.6 Å². The van der Waals surface area contributed by atoms with E-state index in [2.05, 4.69) is 16.9 Å². The topological polar surface area (TPSA) is 65.2 Å². The van der Waals surface area contributed by atoms with Gasteiger partial charge in [0.1, 0.15) is 12.4 Å². The van der Waals surface area contributed by atoms with Crippen molar-refractivity contribution < 1.29 is 4.79 Å². The van der Waals surface area contributed by atoms with Crippen LogP contribution in [0, 0.1) is 11.3 Å². The van der Waals surface area contributed by atoms with E-state index in [9.17, 15) is 4.79 Å². The molecule has 0 bridgehead atoms. The number of likely N-dealkylation sites (tertiary alicyclic amines) is 2. The van der Waals surface area contributed by atoms with Crippen LogP contribution in [0.15, 0.2) is 12.5 Å². The number of nitriles is 1. The number of aromatic nitrogens is 2. The predicted molar refractivity (Wildman–Crippen MR) is 63.9 cm³/mol. The SMILES string of the molecule is CN1CCC2(CCN2C(=O)n2cnc(C#N)c2)C1. The Morgan fingerprint density at radius 1 is 1.50 bits per heavy atom. The molecule has 6 heteroatoms.